The van der Waals surface area contributed by atoms with E-state index in [0.29, 0.717) is 19.0 Å². The summed E-state index contributed by atoms with van der Waals surface area (Å²) in [6, 6.07) is 4.14. The standard InChI is InChI=1S/C17H23N5O2/c1-11-7-13(20-19-11)17(24)21-6-4-14-15(21)8-16(23)22(14)10-12-3-2-5-18-9-12/h2-3,5,9,11,13-15,19-20H,4,6-8,10H2,1H3. The highest BCUT2D eigenvalue weighted by atomic mass is 16.2. The number of nitrogens with one attached hydrogen (secondary N) is 2. The summed E-state index contributed by atoms with van der Waals surface area (Å²) < 4.78 is 0. The lowest BCUT2D eigenvalue weighted by molar-refractivity contribution is -0.134. The summed E-state index contributed by atoms with van der Waals surface area (Å²) in [6.45, 7) is 3.37. The molecule has 1 aromatic heterocycles. The number of hydrogen-bond acceptors (Lipinski definition) is 5. The Morgan fingerprint density at radius 3 is 2.96 bits per heavy atom. The van der Waals surface area contributed by atoms with Gasteiger partial charge >= 0.3 is 0 Å². The van der Waals surface area contributed by atoms with Crippen LogP contribution in [0, 0.1) is 0 Å². The van der Waals surface area contributed by atoms with Crippen LogP contribution in [0.25, 0.3) is 0 Å². The van der Waals surface area contributed by atoms with E-state index in [2.05, 4.69) is 22.8 Å². The van der Waals surface area contributed by atoms with Gasteiger partial charge in [0.25, 0.3) is 0 Å². The summed E-state index contributed by atoms with van der Waals surface area (Å²) in [6.07, 6.45) is 5.62. The zero-order valence-corrected chi connectivity index (χ0v) is 13.8. The van der Waals surface area contributed by atoms with Crippen molar-refractivity contribution in [2.45, 2.75) is 56.9 Å². The molecule has 0 bridgehead atoms. The number of rotatable bonds is 3. The molecule has 0 saturated carbocycles. The van der Waals surface area contributed by atoms with Gasteiger partial charge in [-0.15, -0.1) is 0 Å². The minimum absolute atomic E-state index is 0.0133. The minimum atomic E-state index is -0.179. The zero-order chi connectivity index (χ0) is 16.7. The maximum Gasteiger partial charge on any atom is 0.241 e. The van der Waals surface area contributed by atoms with Crippen molar-refractivity contribution in [2.24, 2.45) is 0 Å². The molecular weight excluding hydrogens is 306 g/mol. The van der Waals surface area contributed by atoms with E-state index in [1.165, 1.54) is 0 Å². The highest BCUT2D eigenvalue weighted by Crippen LogP contribution is 2.34. The summed E-state index contributed by atoms with van der Waals surface area (Å²) >= 11 is 0. The molecule has 4 atom stereocenters. The maximum absolute atomic E-state index is 12.8. The molecule has 2 N–H and O–H groups in total. The van der Waals surface area contributed by atoms with Gasteiger partial charge in [0.15, 0.2) is 0 Å². The first-order chi connectivity index (χ1) is 11.6. The minimum Gasteiger partial charge on any atom is -0.336 e. The van der Waals surface area contributed by atoms with Crippen molar-refractivity contribution >= 4 is 11.8 Å². The SMILES string of the molecule is CC1CC(C(=O)N2CCC3C2CC(=O)N3Cc2cccnc2)NN1. The molecule has 3 aliphatic heterocycles. The van der Waals surface area contributed by atoms with Crippen molar-refractivity contribution < 1.29 is 9.59 Å². The van der Waals surface area contributed by atoms with E-state index in [0.717, 1.165) is 24.9 Å². The zero-order valence-electron chi connectivity index (χ0n) is 13.8. The highest BCUT2D eigenvalue weighted by molar-refractivity contribution is 5.86. The van der Waals surface area contributed by atoms with Gasteiger partial charge < -0.3 is 9.80 Å². The van der Waals surface area contributed by atoms with Gasteiger partial charge in [0.1, 0.15) is 6.04 Å². The number of pyridine rings is 1. The molecule has 3 saturated heterocycles. The van der Waals surface area contributed by atoms with Gasteiger partial charge in [0.05, 0.1) is 12.1 Å². The fraction of sp³-hybridized carbons (Fsp3) is 0.588. The first-order valence-electron chi connectivity index (χ1n) is 8.63. The van der Waals surface area contributed by atoms with Crippen LogP contribution < -0.4 is 10.9 Å². The Hall–Kier alpha value is -1.99. The summed E-state index contributed by atoms with van der Waals surface area (Å²) in [4.78, 5) is 33.2. The number of carbonyl (C=O) groups excluding carboxylic acids is 2. The second kappa shape index (κ2) is 6.14. The van der Waals surface area contributed by atoms with Gasteiger partial charge in [-0.3, -0.25) is 20.0 Å². The molecule has 0 spiro atoms. The average molecular weight is 329 g/mol. The number of carbonyl (C=O) groups is 2. The molecular formula is C17H23N5O2. The van der Waals surface area contributed by atoms with Gasteiger partial charge in [-0.1, -0.05) is 6.07 Å². The number of aromatic nitrogens is 1. The summed E-state index contributed by atoms with van der Waals surface area (Å²) in [5.74, 6) is 0.257. The van der Waals surface area contributed by atoms with Gasteiger partial charge in [-0.25, -0.2) is 5.43 Å². The summed E-state index contributed by atoms with van der Waals surface area (Å²) in [5.41, 5.74) is 7.21. The Morgan fingerprint density at radius 1 is 1.38 bits per heavy atom. The van der Waals surface area contributed by atoms with E-state index >= 15 is 0 Å². The first kappa shape index (κ1) is 15.5. The lowest BCUT2D eigenvalue weighted by atomic mass is 10.1. The molecule has 4 heterocycles. The van der Waals surface area contributed by atoms with Crippen LogP contribution in [0.2, 0.25) is 0 Å². The number of hydrogen-bond donors (Lipinski definition) is 2. The molecule has 7 heteroatoms. The van der Waals surface area contributed by atoms with E-state index in [-0.39, 0.29) is 29.9 Å². The van der Waals surface area contributed by atoms with Gasteiger partial charge in [0, 0.05) is 37.9 Å². The summed E-state index contributed by atoms with van der Waals surface area (Å²) in [5, 5.41) is 0. The van der Waals surface area contributed by atoms with Gasteiger partial charge in [-0.05, 0) is 31.4 Å². The Kier molecular flexibility index (Phi) is 3.97. The molecule has 0 radical (unpaired) electrons. The van der Waals surface area contributed by atoms with Crippen molar-refractivity contribution in [3.05, 3.63) is 30.1 Å². The van der Waals surface area contributed by atoms with Gasteiger partial charge in [-0.2, -0.15) is 0 Å². The van der Waals surface area contributed by atoms with Crippen LogP contribution in [0.1, 0.15) is 31.7 Å². The average Bonchev–Trinajstić information content (AvgIpc) is 3.26. The third-order valence-electron chi connectivity index (χ3n) is 5.36. The van der Waals surface area contributed by atoms with E-state index in [9.17, 15) is 9.59 Å². The normalized spacial score (nSPS) is 32.5. The molecule has 128 valence electrons. The topological polar surface area (TPSA) is 77.6 Å². The first-order valence-corrected chi connectivity index (χ1v) is 8.63. The van der Waals surface area contributed by atoms with Crippen LogP contribution in [-0.4, -0.2) is 57.3 Å². The van der Waals surface area contributed by atoms with E-state index in [4.69, 9.17) is 0 Å². The monoisotopic (exact) mass is 329 g/mol. The molecule has 1 aromatic rings. The number of nitrogens with zero attached hydrogens (tertiary/aromatic N) is 3. The predicted octanol–water partition coefficient (Wildman–Crippen LogP) is 0.0384. The molecule has 3 fully saturated rings. The predicted molar refractivity (Wildman–Crippen MR) is 87.4 cm³/mol. The molecule has 4 unspecified atom stereocenters. The molecule has 24 heavy (non-hydrogen) atoms. The van der Waals surface area contributed by atoms with Crippen LogP contribution >= 0.6 is 0 Å². The number of hydrazine groups is 1. The van der Waals surface area contributed by atoms with Crippen molar-refractivity contribution in [1.82, 2.24) is 25.6 Å². The van der Waals surface area contributed by atoms with E-state index in [1.54, 1.807) is 12.4 Å². The molecule has 0 aliphatic carbocycles. The number of likely N-dealkylation sites (tertiary alicyclic amines) is 2. The summed E-state index contributed by atoms with van der Waals surface area (Å²) in [7, 11) is 0. The second-order valence-electron chi connectivity index (χ2n) is 7.02. The van der Waals surface area contributed by atoms with Crippen molar-refractivity contribution in [1.29, 1.82) is 0 Å². The molecule has 0 aromatic carbocycles. The van der Waals surface area contributed by atoms with Gasteiger partial charge in [0.2, 0.25) is 11.8 Å². The van der Waals surface area contributed by atoms with Crippen molar-refractivity contribution in [2.75, 3.05) is 6.54 Å². The molecule has 7 nitrogen and oxygen atoms in total. The number of amides is 2. The van der Waals surface area contributed by atoms with Crippen LogP contribution in [-0.2, 0) is 16.1 Å². The van der Waals surface area contributed by atoms with Crippen LogP contribution in [0.5, 0.6) is 0 Å². The number of fused-ring (bicyclic) bond motifs is 1. The molecule has 3 aliphatic rings. The second-order valence-corrected chi connectivity index (χ2v) is 7.02. The van der Waals surface area contributed by atoms with E-state index in [1.807, 2.05) is 21.9 Å². The molecule has 4 rings (SSSR count). The van der Waals surface area contributed by atoms with Crippen molar-refractivity contribution in [3.8, 4) is 0 Å². The fourth-order valence-electron chi connectivity index (χ4n) is 4.17. The van der Waals surface area contributed by atoms with E-state index < -0.39 is 0 Å². The quantitative estimate of drug-likeness (QED) is 0.819. The lowest BCUT2D eigenvalue weighted by Gasteiger charge is -2.27. The Labute approximate surface area is 141 Å². The van der Waals surface area contributed by atoms with Crippen molar-refractivity contribution in [3.63, 3.8) is 0 Å². The Bertz CT molecular complexity index is 637. The highest BCUT2D eigenvalue weighted by Gasteiger charge is 2.49. The Morgan fingerprint density at radius 2 is 2.25 bits per heavy atom. The maximum atomic E-state index is 12.8. The largest absolute Gasteiger partial charge is 0.336 e. The van der Waals surface area contributed by atoms with Crippen LogP contribution in [0.3, 0.4) is 0 Å². The Balaban J connectivity index is 1.46. The third-order valence-corrected chi connectivity index (χ3v) is 5.36. The lowest BCUT2D eigenvalue weighted by Crippen LogP contribution is -2.48. The fourth-order valence-corrected chi connectivity index (χ4v) is 4.17. The molecule has 2 amide bonds. The third kappa shape index (κ3) is 2.67. The van der Waals surface area contributed by atoms with Crippen LogP contribution in [0.15, 0.2) is 24.5 Å². The van der Waals surface area contributed by atoms with Crippen LogP contribution in [0.4, 0.5) is 0 Å². The smallest absolute Gasteiger partial charge is 0.241 e.